The van der Waals surface area contributed by atoms with E-state index >= 15 is 0 Å². The van der Waals surface area contributed by atoms with Crippen molar-refractivity contribution in [1.29, 1.82) is 0 Å². The Morgan fingerprint density at radius 1 is 1.06 bits per heavy atom. The minimum absolute atomic E-state index is 0.0740. The van der Waals surface area contributed by atoms with Crippen molar-refractivity contribution >= 4 is 22.7 Å². The molecule has 1 aromatic heterocycles. The van der Waals surface area contributed by atoms with Crippen molar-refractivity contribution in [2.24, 2.45) is 0 Å². The highest BCUT2D eigenvalue weighted by Gasteiger charge is 2.48. The van der Waals surface area contributed by atoms with E-state index in [4.69, 9.17) is 4.74 Å². The Balaban J connectivity index is 1.54. The molecule has 1 fully saturated rings. The third-order valence-electron chi connectivity index (χ3n) is 7.62. The Hall–Kier alpha value is -3.28. The molecule has 2 aliphatic rings. The molecular formula is C29H35N3O3. The van der Waals surface area contributed by atoms with Crippen LogP contribution < -0.4 is 10.1 Å². The van der Waals surface area contributed by atoms with E-state index in [1.807, 2.05) is 73.0 Å². The maximum Gasteiger partial charge on any atom is 0.271 e. The van der Waals surface area contributed by atoms with E-state index < -0.39 is 5.54 Å². The maximum absolute atomic E-state index is 14.0. The molecule has 184 valence electrons. The molecule has 2 heterocycles. The molecule has 2 aromatic carbocycles. The Morgan fingerprint density at radius 2 is 1.77 bits per heavy atom. The van der Waals surface area contributed by atoms with Gasteiger partial charge in [-0.1, -0.05) is 62.1 Å². The minimum Gasteiger partial charge on any atom is -0.494 e. The predicted octanol–water partition coefficient (Wildman–Crippen LogP) is 5.29. The van der Waals surface area contributed by atoms with Crippen LogP contribution in [0.25, 0.3) is 10.9 Å². The quantitative estimate of drug-likeness (QED) is 0.495. The number of nitrogens with one attached hydrogen (secondary N) is 1. The molecule has 0 radical (unpaired) electrons. The molecule has 0 spiro atoms. The number of ether oxygens (including phenoxy) is 1. The first-order valence-electron chi connectivity index (χ1n) is 12.9. The Bertz CT molecular complexity index is 1220. The van der Waals surface area contributed by atoms with Crippen LogP contribution in [0.4, 0.5) is 0 Å². The van der Waals surface area contributed by atoms with E-state index in [9.17, 15) is 9.59 Å². The second-order valence-electron chi connectivity index (χ2n) is 10.0. The zero-order valence-corrected chi connectivity index (χ0v) is 20.8. The summed E-state index contributed by atoms with van der Waals surface area (Å²) in [6.45, 7) is 5.13. The molecule has 1 atom stereocenters. The summed E-state index contributed by atoms with van der Waals surface area (Å²) in [5, 5.41) is 4.35. The average molecular weight is 474 g/mol. The second kappa shape index (κ2) is 9.76. The molecule has 1 aliphatic heterocycles. The van der Waals surface area contributed by atoms with E-state index in [0.717, 1.165) is 47.9 Å². The number of benzene rings is 2. The summed E-state index contributed by atoms with van der Waals surface area (Å²) in [5.41, 5.74) is 1.48. The highest BCUT2D eigenvalue weighted by molar-refractivity contribution is 6.03. The van der Waals surface area contributed by atoms with Gasteiger partial charge in [0.05, 0.1) is 19.7 Å². The van der Waals surface area contributed by atoms with Gasteiger partial charge < -0.3 is 19.5 Å². The van der Waals surface area contributed by atoms with Gasteiger partial charge in [-0.05, 0) is 44.9 Å². The van der Waals surface area contributed by atoms with Crippen LogP contribution in [0.15, 0.2) is 54.6 Å². The predicted molar refractivity (Wildman–Crippen MR) is 137 cm³/mol. The molecule has 0 saturated heterocycles. The van der Waals surface area contributed by atoms with E-state index in [0.29, 0.717) is 25.4 Å². The number of fused-ring (bicyclic) bond motifs is 3. The number of rotatable bonds is 6. The first-order chi connectivity index (χ1) is 17.0. The standard InChI is InChI=1S/C29H35N3O3/c1-3-35-26-17-11-9-13-22(26)19-32-27(33)25-18-21-12-8-10-16-24(21)31(25)20-29(32,2)28(34)30-23-14-6-4-5-7-15-23/h8-13,16-18,23H,3-7,14-15,19-20H2,1-2H3,(H,30,34)/t29-/m0/s1. The first-order valence-corrected chi connectivity index (χ1v) is 12.9. The molecular weight excluding hydrogens is 438 g/mol. The van der Waals surface area contributed by atoms with E-state index in [-0.39, 0.29) is 17.9 Å². The summed E-state index contributed by atoms with van der Waals surface area (Å²) in [6, 6.07) is 17.9. The molecule has 3 aromatic rings. The molecule has 1 N–H and O–H groups in total. The van der Waals surface area contributed by atoms with Crippen molar-refractivity contribution in [3.8, 4) is 5.75 Å². The van der Waals surface area contributed by atoms with Crippen molar-refractivity contribution < 1.29 is 14.3 Å². The van der Waals surface area contributed by atoms with Crippen molar-refractivity contribution in [1.82, 2.24) is 14.8 Å². The monoisotopic (exact) mass is 473 g/mol. The summed E-state index contributed by atoms with van der Waals surface area (Å²) in [4.78, 5) is 29.7. The van der Waals surface area contributed by atoms with Crippen LogP contribution in [0.2, 0.25) is 0 Å². The third kappa shape index (κ3) is 4.42. The lowest BCUT2D eigenvalue weighted by atomic mass is 9.92. The molecule has 5 rings (SSSR count). The number of aromatic nitrogens is 1. The normalized spacial score (nSPS) is 21.0. The first kappa shape index (κ1) is 23.5. The highest BCUT2D eigenvalue weighted by atomic mass is 16.5. The molecule has 35 heavy (non-hydrogen) atoms. The Morgan fingerprint density at radius 3 is 2.54 bits per heavy atom. The van der Waals surface area contributed by atoms with Gasteiger partial charge in [0.1, 0.15) is 17.0 Å². The molecule has 6 nitrogen and oxygen atoms in total. The number of amides is 2. The van der Waals surface area contributed by atoms with Crippen molar-refractivity contribution in [2.75, 3.05) is 6.61 Å². The smallest absolute Gasteiger partial charge is 0.271 e. The van der Waals surface area contributed by atoms with Crippen LogP contribution in [0.3, 0.4) is 0 Å². The molecule has 2 amide bonds. The number of nitrogens with zero attached hydrogens (tertiary/aromatic N) is 2. The van der Waals surface area contributed by atoms with Gasteiger partial charge in [-0.2, -0.15) is 0 Å². The average Bonchev–Trinajstić information content (AvgIpc) is 3.03. The topological polar surface area (TPSA) is 63.6 Å². The van der Waals surface area contributed by atoms with Crippen LogP contribution in [-0.4, -0.2) is 39.5 Å². The number of para-hydroxylation sites is 2. The fourth-order valence-corrected chi connectivity index (χ4v) is 5.62. The molecule has 6 heteroatoms. The van der Waals surface area contributed by atoms with Crippen LogP contribution in [0, 0.1) is 0 Å². The van der Waals surface area contributed by atoms with Gasteiger partial charge in [0.15, 0.2) is 0 Å². The van der Waals surface area contributed by atoms with Gasteiger partial charge in [0.25, 0.3) is 5.91 Å². The Labute approximate surface area is 207 Å². The number of hydrogen-bond donors (Lipinski definition) is 1. The van der Waals surface area contributed by atoms with Gasteiger partial charge >= 0.3 is 0 Å². The Kier molecular flexibility index (Phi) is 6.54. The molecule has 1 aliphatic carbocycles. The van der Waals surface area contributed by atoms with Crippen LogP contribution in [-0.2, 0) is 17.9 Å². The highest BCUT2D eigenvalue weighted by Crippen LogP contribution is 2.35. The molecule has 1 saturated carbocycles. The van der Waals surface area contributed by atoms with Gasteiger partial charge in [-0.3, -0.25) is 9.59 Å². The molecule has 0 bridgehead atoms. The summed E-state index contributed by atoms with van der Waals surface area (Å²) in [7, 11) is 0. The van der Waals surface area contributed by atoms with Gasteiger partial charge in [0.2, 0.25) is 5.91 Å². The number of hydrogen-bond acceptors (Lipinski definition) is 3. The summed E-state index contributed by atoms with van der Waals surface area (Å²) in [6.07, 6.45) is 6.72. The van der Waals surface area contributed by atoms with Gasteiger partial charge in [-0.15, -0.1) is 0 Å². The molecule has 0 unspecified atom stereocenters. The zero-order chi connectivity index (χ0) is 24.4. The van der Waals surface area contributed by atoms with E-state index in [1.165, 1.54) is 12.8 Å². The largest absolute Gasteiger partial charge is 0.494 e. The van der Waals surface area contributed by atoms with Crippen molar-refractivity contribution in [3.05, 3.63) is 65.9 Å². The van der Waals surface area contributed by atoms with E-state index in [1.54, 1.807) is 4.90 Å². The lowest BCUT2D eigenvalue weighted by Crippen LogP contribution is -2.64. The minimum atomic E-state index is -1.03. The van der Waals surface area contributed by atoms with Crippen molar-refractivity contribution in [3.63, 3.8) is 0 Å². The fraction of sp³-hybridized carbons (Fsp3) is 0.448. The zero-order valence-electron chi connectivity index (χ0n) is 20.8. The van der Waals surface area contributed by atoms with Gasteiger partial charge in [0, 0.05) is 22.5 Å². The van der Waals surface area contributed by atoms with Gasteiger partial charge in [-0.25, -0.2) is 0 Å². The second-order valence-corrected chi connectivity index (χ2v) is 10.0. The van der Waals surface area contributed by atoms with Crippen molar-refractivity contribution in [2.45, 2.75) is 77.0 Å². The lowest BCUT2D eigenvalue weighted by molar-refractivity contribution is -0.134. The lowest BCUT2D eigenvalue weighted by Gasteiger charge is -2.44. The maximum atomic E-state index is 14.0. The number of carbonyl (C=O) groups excluding carboxylic acids is 2. The van der Waals surface area contributed by atoms with E-state index in [2.05, 4.69) is 5.32 Å². The summed E-state index contributed by atoms with van der Waals surface area (Å²) >= 11 is 0. The summed E-state index contributed by atoms with van der Waals surface area (Å²) < 4.78 is 7.87. The summed E-state index contributed by atoms with van der Waals surface area (Å²) in [5.74, 6) is 0.549. The third-order valence-corrected chi connectivity index (χ3v) is 7.62. The fourth-order valence-electron chi connectivity index (χ4n) is 5.62. The number of carbonyl (C=O) groups is 2. The van der Waals surface area contributed by atoms with Crippen LogP contribution >= 0.6 is 0 Å². The van der Waals surface area contributed by atoms with Crippen LogP contribution in [0.5, 0.6) is 5.75 Å². The SMILES string of the molecule is CCOc1ccccc1CN1C(=O)c2cc3ccccc3n2C[C@@]1(C)C(=O)NC1CCCCCC1. The van der Waals surface area contributed by atoms with Crippen LogP contribution in [0.1, 0.15) is 68.4 Å².